The van der Waals surface area contributed by atoms with Crippen LogP contribution in [0.5, 0.6) is 0 Å². The first-order valence-electron chi connectivity index (χ1n) is 8.17. The highest BCUT2D eigenvalue weighted by atomic mass is 16.3. The second-order valence-electron chi connectivity index (χ2n) is 6.56. The van der Waals surface area contributed by atoms with Gasteiger partial charge in [0, 0.05) is 20.0 Å². The molecule has 1 aliphatic rings. The van der Waals surface area contributed by atoms with Gasteiger partial charge in [-0.3, -0.25) is 4.79 Å². The van der Waals surface area contributed by atoms with Crippen LogP contribution in [0.4, 0.5) is 0 Å². The minimum Gasteiger partial charge on any atom is -0.387 e. The molecule has 0 spiro atoms. The van der Waals surface area contributed by atoms with Crippen LogP contribution in [-0.4, -0.2) is 42.1 Å². The fraction of sp³-hybridized carbons (Fsp3) is 0.611. The van der Waals surface area contributed by atoms with E-state index in [-0.39, 0.29) is 5.91 Å². The third-order valence-corrected chi connectivity index (χ3v) is 4.57. The summed E-state index contributed by atoms with van der Waals surface area (Å²) in [4.78, 5) is 13.3. The van der Waals surface area contributed by atoms with Crippen molar-refractivity contribution in [2.24, 2.45) is 5.92 Å². The highest BCUT2D eigenvalue weighted by Crippen LogP contribution is 2.23. The molecule has 1 aliphatic heterocycles. The zero-order valence-electron chi connectivity index (χ0n) is 13.9. The van der Waals surface area contributed by atoms with Crippen LogP contribution in [-0.2, 0) is 4.79 Å². The summed E-state index contributed by atoms with van der Waals surface area (Å²) in [6.07, 6.45) is 1.74. The Morgan fingerprint density at radius 2 is 2.05 bits per heavy atom. The predicted octanol–water partition coefficient (Wildman–Crippen LogP) is 2.18. The van der Waals surface area contributed by atoms with E-state index in [2.05, 4.69) is 42.3 Å². The Balaban J connectivity index is 1.82. The molecule has 22 heavy (non-hydrogen) atoms. The number of carbonyl (C=O) groups excluding carboxylic acids is 1. The summed E-state index contributed by atoms with van der Waals surface area (Å²) in [6, 6.07) is 6.25. The third-order valence-electron chi connectivity index (χ3n) is 4.57. The van der Waals surface area contributed by atoms with Crippen molar-refractivity contribution in [1.29, 1.82) is 0 Å². The molecule has 2 N–H and O–H groups in total. The van der Waals surface area contributed by atoms with Gasteiger partial charge in [0.15, 0.2) is 0 Å². The van der Waals surface area contributed by atoms with Crippen LogP contribution in [0.25, 0.3) is 0 Å². The Kier molecular flexibility index (Phi) is 5.98. The molecular formula is C18H28N2O2. The number of amides is 1. The highest BCUT2D eigenvalue weighted by Gasteiger charge is 2.22. The van der Waals surface area contributed by atoms with E-state index in [1.807, 2.05) is 0 Å². The summed E-state index contributed by atoms with van der Waals surface area (Å²) in [5.41, 5.74) is 3.38. The highest BCUT2D eigenvalue weighted by molar-refractivity contribution is 5.72. The standard InChI is InChI=1S/C18H28N2O2/c1-13-4-5-14(2)17(10-13)18(22)12-20-8-6-16(7-9-20)11-19-15(3)21/h4-5,10,16,18,22H,6-9,11-12H2,1-3H3,(H,19,21). The van der Waals surface area contributed by atoms with Gasteiger partial charge in [0.2, 0.25) is 5.91 Å². The van der Waals surface area contributed by atoms with Crippen molar-refractivity contribution < 1.29 is 9.90 Å². The normalized spacial score (nSPS) is 18.2. The molecule has 0 saturated carbocycles. The lowest BCUT2D eigenvalue weighted by Crippen LogP contribution is -2.40. The fourth-order valence-corrected chi connectivity index (χ4v) is 3.12. The van der Waals surface area contributed by atoms with Gasteiger partial charge in [-0.25, -0.2) is 0 Å². The number of aryl methyl sites for hydroxylation is 2. The van der Waals surface area contributed by atoms with E-state index in [0.29, 0.717) is 12.5 Å². The van der Waals surface area contributed by atoms with E-state index in [4.69, 9.17) is 0 Å². The zero-order chi connectivity index (χ0) is 16.1. The number of nitrogens with zero attached hydrogens (tertiary/aromatic N) is 1. The maximum atomic E-state index is 11.0. The van der Waals surface area contributed by atoms with Crippen molar-refractivity contribution >= 4 is 5.91 Å². The molecule has 1 unspecified atom stereocenters. The van der Waals surface area contributed by atoms with E-state index >= 15 is 0 Å². The zero-order valence-corrected chi connectivity index (χ0v) is 13.9. The first kappa shape index (κ1) is 17.0. The molecule has 0 bridgehead atoms. The first-order chi connectivity index (χ1) is 10.5. The predicted molar refractivity (Wildman–Crippen MR) is 88.7 cm³/mol. The van der Waals surface area contributed by atoms with Crippen LogP contribution in [0, 0.1) is 19.8 Å². The van der Waals surface area contributed by atoms with Gasteiger partial charge < -0.3 is 15.3 Å². The van der Waals surface area contributed by atoms with E-state index in [1.54, 1.807) is 6.92 Å². The Labute approximate surface area is 133 Å². The fourth-order valence-electron chi connectivity index (χ4n) is 3.12. The topological polar surface area (TPSA) is 52.6 Å². The number of hydrogen-bond acceptors (Lipinski definition) is 3. The molecule has 1 amide bonds. The molecule has 0 radical (unpaired) electrons. The lowest BCUT2D eigenvalue weighted by atomic mass is 9.95. The number of aliphatic hydroxyl groups is 1. The molecule has 1 saturated heterocycles. The number of hydrogen-bond donors (Lipinski definition) is 2. The smallest absolute Gasteiger partial charge is 0.216 e. The molecule has 1 aromatic rings. The largest absolute Gasteiger partial charge is 0.387 e. The van der Waals surface area contributed by atoms with Gasteiger partial charge in [-0.05, 0) is 56.8 Å². The van der Waals surface area contributed by atoms with Gasteiger partial charge in [-0.15, -0.1) is 0 Å². The van der Waals surface area contributed by atoms with Gasteiger partial charge in [0.25, 0.3) is 0 Å². The van der Waals surface area contributed by atoms with Crippen LogP contribution >= 0.6 is 0 Å². The maximum Gasteiger partial charge on any atom is 0.216 e. The molecule has 0 aliphatic carbocycles. The third kappa shape index (κ3) is 4.82. The maximum absolute atomic E-state index is 11.0. The summed E-state index contributed by atoms with van der Waals surface area (Å²) >= 11 is 0. The molecule has 1 fully saturated rings. The molecule has 122 valence electrons. The summed E-state index contributed by atoms with van der Waals surface area (Å²) in [6.45, 7) is 9.13. The Morgan fingerprint density at radius 1 is 1.36 bits per heavy atom. The monoisotopic (exact) mass is 304 g/mol. The lowest BCUT2D eigenvalue weighted by molar-refractivity contribution is -0.119. The second-order valence-corrected chi connectivity index (χ2v) is 6.56. The minimum absolute atomic E-state index is 0.0489. The van der Waals surface area contributed by atoms with Crippen molar-refractivity contribution in [2.75, 3.05) is 26.2 Å². The van der Waals surface area contributed by atoms with Crippen molar-refractivity contribution in [2.45, 2.75) is 39.7 Å². The number of likely N-dealkylation sites (tertiary alicyclic amines) is 1. The van der Waals surface area contributed by atoms with E-state index in [1.165, 1.54) is 5.56 Å². The number of piperidine rings is 1. The van der Waals surface area contributed by atoms with Gasteiger partial charge in [-0.1, -0.05) is 23.8 Å². The van der Waals surface area contributed by atoms with Crippen LogP contribution in [0.2, 0.25) is 0 Å². The molecule has 1 aromatic carbocycles. The molecule has 1 heterocycles. The molecule has 1 atom stereocenters. The minimum atomic E-state index is -0.424. The van der Waals surface area contributed by atoms with E-state index < -0.39 is 6.10 Å². The second kappa shape index (κ2) is 7.75. The number of β-amino-alcohol motifs (C(OH)–C–C–N with tert-alkyl or cyclic N) is 1. The summed E-state index contributed by atoms with van der Waals surface area (Å²) in [7, 11) is 0. The molecule has 2 rings (SSSR count). The van der Waals surface area contributed by atoms with Crippen molar-refractivity contribution in [3.8, 4) is 0 Å². The molecular weight excluding hydrogens is 276 g/mol. The van der Waals surface area contributed by atoms with Gasteiger partial charge in [0.1, 0.15) is 0 Å². The van der Waals surface area contributed by atoms with Gasteiger partial charge >= 0.3 is 0 Å². The number of aliphatic hydroxyl groups excluding tert-OH is 1. The number of nitrogens with one attached hydrogen (secondary N) is 1. The SMILES string of the molecule is CC(=O)NCC1CCN(CC(O)c2cc(C)ccc2C)CC1. The molecule has 0 aromatic heterocycles. The lowest BCUT2D eigenvalue weighted by Gasteiger charge is -2.33. The Bertz CT molecular complexity index is 508. The van der Waals surface area contributed by atoms with Crippen LogP contribution in [0.15, 0.2) is 18.2 Å². The number of benzene rings is 1. The summed E-state index contributed by atoms with van der Waals surface area (Å²) < 4.78 is 0. The Hall–Kier alpha value is -1.39. The average molecular weight is 304 g/mol. The van der Waals surface area contributed by atoms with Gasteiger partial charge in [0.05, 0.1) is 6.10 Å². The van der Waals surface area contributed by atoms with Crippen molar-refractivity contribution in [1.82, 2.24) is 10.2 Å². The van der Waals surface area contributed by atoms with E-state index in [9.17, 15) is 9.90 Å². The Morgan fingerprint density at radius 3 is 2.68 bits per heavy atom. The summed E-state index contributed by atoms with van der Waals surface area (Å²) in [5, 5.41) is 13.4. The van der Waals surface area contributed by atoms with E-state index in [0.717, 1.165) is 43.6 Å². The van der Waals surface area contributed by atoms with Gasteiger partial charge in [-0.2, -0.15) is 0 Å². The van der Waals surface area contributed by atoms with Crippen molar-refractivity contribution in [3.05, 3.63) is 34.9 Å². The number of rotatable bonds is 5. The van der Waals surface area contributed by atoms with Crippen LogP contribution in [0.1, 0.15) is 42.6 Å². The molecule has 4 nitrogen and oxygen atoms in total. The number of carbonyl (C=O) groups is 1. The summed E-state index contributed by atoms with van der Waals surface area (Å²) in [5.74, 6) is 0.616. The first-order valence-corrected chi connectivity index (χ1v) is 8.17. The van der Waals surface area contributed by atoms with Crippen LogP contribution in [0.3, 0.4) is 0 Å². The average Bonchev–Trinajstić information content (AvgIpc) is 2.49. The quantitative estimate of drug-likeness (QED) is 0.877. The molecule has 4 heteroatoms. The van der Waals surface area contributed by atoms with Crippen molar-refractivity contribution in [3.63, 3.8) is 0 Å². The van der Waals surface area contributed by atoms with Crippen LogP contribution < -0.4 is 5.32 Å².